The Balaban J connectivity index is 1.93. The minimum atomic E-state index is 0.676. The maximum absolute atomic E-state index is 4.56. The molecule has 96 valence electrons. The number of aryl methyl sites for hydroxylation is 1. The van der Waals surface area contributed by atoms with Crippen LogP contribution >= 0.6 is 0 Å². The molecule has 1 saturated carbocycles. The number of unbranched alkanes of at least 4 members (excludes halogenated alkanes) is 3. The van der Waals surface area contributed by atoms with Gasteiger partial charge in [0.15, 0.2) is 0 Å². The molecule has 2 heteroatoms. The largest absolute Gasteiger partial charge is 0.266 e. The molecule has 1 aliphatic rings. The van der Waals surface area contributed by atoms with Crippen molar-refractivity contribution in [1.82, 2.24) is 9.78 Å². The molecule has 2 rings (SSSR count). The van der Waals surface area contributed by atoms with E-state index in [9.17, 15) is 0 Å². The first kappa shape index (κ1) is 12.7. The minimum absolute atomic E-state index is 0.676. The summed E-state index contributed by atoms with van der Waals surface area (Å²) < 4.78 is 2.31. The van der Waals surface area contributed by atoms with Crippen molar-refractivity contribution in [3.05, 3.63) is 17.5 Å². The van der Waals surface area contributed by atoms with Crippen molar-refractivity contribution in [2.75, 3.05) is 0 Å². The summed E-state index contributed by atoms with van der Waals surface area (Å²) in [6, 6.07) is 0.719. The molecule has 1 unspecified atom stereocenters. The van der Waals surface area contributed by atoms with Crippen molar-refractivity contribution in [3.8, 4) is 0 Å². The average Bonchev–Trinajstić information content (AvgIpc) is 3.08. The third-order valence-electron chi connectivity index (χ3n) is 3.88. The molecule has 0 saturated heterocycles. The van der Waals surface area contributed by atoms with Crippen molar-refractivity contribution in [2.45, 2.75) is 77.7 Å². The summed E-state index contributed by atoms with van der Waals surface area (Å²) >= 11 is 0. The molecule has 0 radical (unpaired) electrons. The molecule has 0 spiro atoms. The molecule has 0 bridgehead atoms. The van der Waals surface area contributed by atoms with Gasteiger partial charge in [-0.15, -0.1) is 0 Å². The maximum atomic E-state index is 4.56. The lowest BCUT2D eigenvalue weighted by molar-refractivity contribution is 0.521. The van der Waals surface area contributed by atoms with Crippen LogP contribution in [0.2, 0.25) is 0 Å². The third-order valence-corrected chi connectivity index (χ3v) is 3.88. The normalized spacial score (nSPS) is 17.4. The van der Waals surface area contributed by atoms with E-state index in [-0.39, 0.29) is 0 Å². The first-order valence-electron chi connectivity index (χ1n) is 7.28. The quantitative estimate of drug-likeness (QED) is 0.630. The fourth-order valence-corrected chi connectivity index (χ4v) is 2.70. The molecule has 0 aromatic carbocycles. The molecular weight excluding hydrogens is 208 g/mol. The van der Waals surface area contributed by atoms with Gasteiger partial charge in [0.05, 0.1) is 12.2 Å². The van der Waals surface area contributed by atoms with E-state index in [2.05, 4.69) is 36.7 Å². The predicted molar refractivity (Wildman–Crippen MR) is 72.4 cm³/mol. The van der Waals surface area contributed by atoms with E-state index in [0.717, 1.165) is 6.04 Å². The van der Waals surface area contributed by atoms with Gasteiger partial charge < -0.3 is 0 Å². The summed E-state index contributed by atoms with van der Waals surface area (Å²) in [5.41, 5.74) is 2.89. The summed E-state index contributed by atoms with van der Waals surface area (Å²) in [4.78, 5) is 0. The van der Waals surface area contributed by atoms with E-state index in [1.165, 1.54) is 56.2 Å². The fourth-order valence-electron chi connectivity index (χ4n) is 2.70. The van der Waals surface area contributed by atoms with Crippen LogP contribution in [0.3, 0.4) is 0 Å². The van der Waals surface area contributed by atoms with E-state index in [1.807, 2.05) is 0 Å². The minimum Gasteiger partial charge on any atom is -0.266 e. The van der Waals surface area contributed by atoms with Crippen LogP contribution in [0.1, 0.15) is 82.0 Å². The Morgan fingerprint density at radius 1 is 1.35 bits per heavy atom. The summed E-state index contributed by atoms with van der Waals surface area (Å²) in [5, 5.41) is 4.56. The SMILES string of the molecule is CCCCCCC(C)c1c(C)cnn1C1CC1. The summed E-state index contributed by atoms with van der Waals surface area (Å²) in [7, 11) is 0. The van der Waals surface area contributed by atoms with Gasteiger partial charge in [0.1, 0.15) is 0 Å². The second kappa shape index (κ2) is 5.70. The maximum Gasteiger partial charge on any atom is 0.0524 e. The van der Waals surface area contributed by atoms with Gasteiger partial charge in [-0.25, -0.2) is 0 Å². The van der Waals surface area contributed by atoms with Crippen LogP contribution in [-0.2, 0) is 0 Å². The predicted octanol–water partition coefficient (Wildman–Crippen LogP) is 4.60. The van der Waals surface area contributed by atoms with Gasteiger partial charge in [-0.3, -0.25) is 4.68 Å². The summed E-state index contributed by atoms with van der Waals surface area (Å²) in [6.45, 7) is 6.86. The molecule has 1 heterocycles. The van der Waals surface area contributed by atoms with Crippen LogP contribution in [0.25, 0.3) is 0 Å². The van der Waals surface area contributed by atoms with Gasteiger partial charge in [0.25, 0.3) is 0 Å². The zero-order chi connectivity index (χ0) is 12.3. The van der Waals surface area contributed by atoms with Crippen molar-refractivity contribution in [3.63, 3.8) is 0 Å². The third kappa shape index (κ3) is 3.11. The zero-order valence-electron chi connectivity index (χ0n) is 11.6. The number of hydrogen-bond acceptors (Lipinski definition) is 1. The Bertz CT molecular complexity index is 350. The highest BCUT2D eigenvalue weighted by Gasteiger charge is 2.28. The standard InChI is InChI=1S/C15H26N2/c1-4-5-6-7-8-12(2)15-13(3)11-16-17(15)14-9-10-14/h11-12,14H,4-10H2,1-3H3. The Labute approximate surface area is 105 Å². The topological polar surface area (TPSA) is 17.8 Å². The monoisotopic (exact) mass is 234 g/mol. The molecule has 1 aliphatic carbocycles. The van der Waals surface area contributed by atoms with Crippen molar-refractivity contribution >= 4 is 0 Å². The second-order valence-corrected chi connectivity index (χ2v) is 5.64. The summed E-state index contributed by atoms with van der Waals surface area (Å²) in [6.07, 6.45) is 11.5. The van der Waals surface area contributed by atoms with Crippen LogP contribution in [-0.4, -0.2) is 9.78 Å². The van der Waals surface area contributed by atoms with Gasteiger partial charge in [0, 0.05) is 5.69 Å². The van der Waals surface area contributed by atoms with Gasteiger partial charge in [0.2, 0.25) is 0 Å². The van der Waals surface area contributed by atoms with E-state index in [1.54, 1.807) is 0 Å². The highest BCUT2D eigenvalue weighted by atomic mass is 15.3. The lowest BCUT2D eigenvalue weighted by Gasteiger charge is -2.15. The summed E-state index contributed by atoms with van der Waals surface area (Å²) in [5.74, 6) is 0.676. The van der Waals surface area contributed by atoms with Crippen molar-refractivity contribution in [2.24, 2.45) is 0 Å². The van der Waals surface area contributed by atoms with Gasteiger partial charge in [-0.2, -0.15) is 5.10 Å². The Hall–Kier alpha value is -0.790. The molecule has 0 amide bonds. The van der Waals surface area contributed by atoms with Crippen LogP contribution in [0, 0.1) is 6.92 Å². The lowest BCUT2D eigenvalue weighted by Crippen LogP contribution is -2.07. The smallest absolute Gasteiger partial charge is 0.0524 e. The van der Waals surface area contributed by atoms with Gasteiger partial charge in [-0.05, 0) is 37.7 Å². The van der Waals surface area contributed by atoms with Gasteiger partial charge in [-0.1, -0.05) is 39.5 Å². The molecule has 0 aliphatic heterocycles. The van der Waals surface area contributed by atoms with E-state index in [0.29, 0.717) is 5.92 Å². The molecular formula is C15H26N2. The highest BCUT2D eigenvalue weighted by Crippen LogP contribution is 2.38. The number of hydrogen-bond donors (Lipinski definition) is 0. The van der Waals surface area contributed by atoms with Crippen LogP contribution < -0.4 is 0 Å². The van der Waals surface area contributed by atoms with Crippen LogP contribution in [0.4, 0.5) is 0 Å². The highest BCUT2D eigenvalue weighted by molar-refractivity contribution is 5.21. The van der Waals surface area contributed by atoms with Crippen LogP contribution in [0.5, 0.6) is 0 Å². The number of nitrogens with zero attached hydrogens (tertiary/aromatic N) is 2. The molecule has 1 atom stereocenters. The molecule has 1 aromatic heterocycles. The van der Waals surface area contributed by atoms with Crippen molar-refractivity contribution < 1.29 is 0 Å². The van der Waals surface area contributed by atoms with Crippen molar-refractivity contribution in [1.29, 1.82) is 0 Å². The van der Waals surface area contributed by atoms with E-state index in [4.69, 9.17) is 0 Å². The average molecular weight is 234 g/mol. The Morgan fingerprint density at radius 2 is 2.12 bits per heavy atom. The second-order valence-electron chi connectivity index (χ2n) is 5.64. The van der Waals surface area contributed by atoms with Gasteiger partial charge >= 0.3 is 0 Å². The molecule has 1 fully saturated rings. The molecule has 1 aromatic rings. The fraction of sp³-hybridized carbons (Fsp3) is 0.800. The number of aromatic nitrogens is 2. The first-order chi connectivity index (χ1) is 8.24. The lowest BCUT2D eigenvalue weighted by atomic mass is 9.97. The Morgan fingerprint density at radius 3 is 2.76 bits per heavy atom. The Kier molecular flexibility index (Phi) is 4.25. The molecule has 2 nitrogen and oxygen atoms in total. The van der Waals surface area contributed by atoms with E-state index < -0.39 is 0 Å². The molecule has 17 heavy (non-hydrogen) atoms. The first-order valence-corrected chi connectivity index (χ1v) is 7.28. The number of rotatable bonds is 7. The van der Waals surface area contributed by atoms with E-state index >= 15 is 0 Å². The van der Waals surface area contributed by atoms with Crippen LogP contribution in [0.15, 0.2) is 6.20 Å². The zero-order valence-corrected chi connectivity index (χ0v) is 11.6. The molecule has 0 N–H and O–H groups in total.